The number of non-ortho nitro benzene ring substituents is 1. The van der Waals surface area contributed by atoms with Crippen LogP contribution in [0.25, 0.3) is 0 Å². The number of sulfonamides is 1. The minimum absolute atomic E-state index is 0.00505. The maximum absolute atomic E-state index is 12.3. The van der Waals surface area contributed by atoms with Crippen molar-refractivity contribution >= 4 is 21.6 Å². The second-order valence-corrected chi connectivity index (χ2v) is 7.81. The molecule has 1 N–H and O–H groups in total. The van der Waals surface area contributed by atoms with Gasteiger partial charge >= 0.3 is 0 Å². The maximum atomic E-state index is 12.3. The minimum atomic E-state index is -3.79. The summed E-state index contributed by atoms with van der Waals surface area (Å²) in [6.07, 6.45) is 4.10. The lowest BCUT2D eigenvalue weighted by Gasteiger charge is -2.35. The molecule has 2 rings (SSSR count). The molecule has 0 bridgehead atoms. The first-order chi connectivity index (χ1) is 11.8. The van der Waals surface area contributed by atoms with Crippen molar-refractivity contribution in [1.82, 2.24) is 9.62 Å². The first-order valence-corrected chi connectivity index (χ1v) is 9.87. The maximum Gasteiger partial charge on any atom is 0.269 e. The third-order valence-electron chi connectivity index (χ3n) is 4.41. The summed E-state index contributed by atoms with van der Waals surface area (Å²) in [6, 6.07) is 4.88. The van der Waals surface area contributed by atoms with Crippen LogP contribution in [-0.4, -0.2) is 43.3 Å². The Morgan fingerprint density at radius 3 is 2.60 bits per heavy atom. The van der Waals surface area contributed by atoms with Crippen molar-refractivity contribution in [2.24, 2.45) is 0 Å². The van der Waals surface area contributed by atoms with E-state index in [4.69, 9.17) is 0 Å². The Bertz CT molecular complexity index is 718. The molecule has 138 valence electrons. The number of likely N-dealkylation sites (tertiary alicyclic amines) is 1. The molecule has 1 saturated heterocycles. The van der Waals surface area contributed by atoms with Crippen LogP contribution in [0.3, 0.4) is 0 Å². The molecular formula is C16H23N3O5S. The fraction of sp³-hybridized carbons (Fsp3) is 0.562. The first-order valence-electron chi connectivity index (χ1n) is 8.38. The largest absolute Gasteiger partial charge is 0.340 e. The number of carbonyl (C=O) groups is 1. The molecule has 0 spiro atoms. The van der Waals surface area contributed by atoms with Gasteiger partial charge in [-0.05, 0) is 37.8 Å². The number of hydrogen-bond donors (Lipinski definition) is 1. The Labute approximate surface area is 147 Å². The van der Waals surface area contributed by atoms with Gasteiger partial charge in [0.15, 0.2) is 0 Å². The first kappa shape index (κ1) is 19.3. The molecule has 1 aliphatic heterocycles. The van der Waals surface area contributed by atoms with Crippen LogP contribution in [0, 0.1) is 10.1 Å². The van der Waals surface area contributed by atoms with Gasteiger partial charge in [0.2, 0.25) is 15.9 Å². The topological polar surface area (TPSA) is 110 Å². The SMILES string of the molecule is CCC1CCCCN1C(=O)CCNS(=O)(=O)c1ccc([N+](=O)[O-])cc1. The number of nitro benzene ring substituents is 1. The standard InChI is InChI=1S/C16H23N3O5S/c1-2-13-5-3-4-12-18(13)16(20)10-11-17-25(23,24)15-8-6-14(7-9-15)19(21)22/h6-9,13,17H,2-5,10-12H2,1H3. The van der Waals surface area contributed by atoms with Gasteiger partial charge in [0.05, 0.1) is 9.82 Å². The predicted octanol–water partition coefficient (Wildman–Crippen LogP) is 2.05. The molecule has 1 aromatic rings. The summed E-state index contributed by atoms with van der Waals surface area (Å²) in [6.45, 7) is 2.78. The van der Waals surface area contributed by atoms with Gasteiger partial charge in [-0.1, -0.05) is 6.92 Å². The highest BCUT2D eigenvalue weighted by atomic mass is 32.2. The minimum Gasteiger partial charge on any atom is -0.340 e. The van der Waals surface area contributed by atoms with E-state index in [9.17, 15) is 23.3 Å². The monoisotopic (exact) mass is 369 g/mol. The second-order valence-electron chi connectivity index (χ2n) is 6.04. The average molecular weight is 369 g/mol. The summed E-state index contributed by atoms with van der Waals surface area (Å²) >= 11 is 0. The molecule has 0 aliphatic carbocycles. The number of carbonyl (C=O) groups excluding carboxylic acids is 1. The Morgan fingerprint density at radius 2 is 2.00 bits per heavy atom. The van der Waals surface area contributed by atoms with Crippen molar-refractivity contribution in [2.45, 2.75) is 50.0 Å². The molecule has 0 saturated carbocycles. The summed E-state index contributed by atoms with van der Waals surface area (Å²) in [5.74, 6) is -0.0436. The number of benzene rings is 1. The van der Waals surface area contributed by atoms with E-state index in [0.29, 0.717) is 0 Å². The van der Waals surface area contributed by atoms with Crippen LogP contribution in [0.2, 0.25) is 0 Å². The van der Waals surface area contributed by atoms with E-state index in [1.54, 1.807) is 0 Å². The number of nitrogens with zero attached hydrogens (tertiary/aromatic N) is 2. The summed E-state index contributed by atoms with van der Waals surface area (Å²) in [5, 5.41) is 10.6. The van der Waals surface area contributed by atoms with Gasteiger partial charge in [-0.25, -0.2) is 13.1 Å². The second kappa shape index (κ2) is 8.39. The third-order valence-corrected chi connectivity index (χ3v) is 5.88. The molecule has 1 heterocycles. The van der Waals surface area contributed by atoms with Crippen LogP contribution < -0.4 is 4.72 Å². The van der Waals surface area contributed by atoms with Crippen LogP contribution >= 0.6 is 0 Å². The summed E-state index contributed by atoms with van der Waals surface area (Å²) in [4.78, 5) is 24.1. The Morgan fingerprint density at radius 1 is 1.32 bits per heavy atom. The highest BCUT2D eigenvalue weighted by Gasteiger charge is 2.25. The highest BCUT2D eigenvalue weighted by Crippen LogP contribution is 2.20. The van der Waals surface area contributed by atoms with E-state index in [2.05, 4.69) is 4.72 Å². The van der Waals surface area contributed by atoms with Crippen LogP contribution in [-0.2, 0) is 14.8 Å². The van der Waals surface area contributed by atoms with E-state index in [-0.39, 0.29) is 35.5 Å². The normalized spacial score (nSPS) is 18.1. The van der Waals surface area contributed by atoms with Crippen LogP contribution in [0.5, 0.6) is 0 Å². The lowest BCUT2D eigenvalue weighted by atomic mass is 9.99. The number of amides is 1. The smallest absolute Gasteiger partial charge is 0.269 e. The van der Waals surface area contributed by atoms with Gasteiger partial charge in [-0.3, -0.25) is 14.9 Å². The molecule has 9 heteroatoms. The van der Waals surface area contributed by atoms with Crippen LogP contribution in [0.15, 0.2) is 29.2 Å². The number of nitro groups is 1. The molecule has 1 atom stereocenters. The van der Waals surface area contributed by atoms with Crippen molar-refractivity contribution in [1.29, 1.82) is 0 Å². The number of nitrogens with one attached hydrogen (secondary N) is 1. The van der Waals surface area contributed by atoms with E-state index >= 15 is 0 Å². The van der Waals surface area contributed by atoms with Gasteiger partial charge in [0.25, 0.3) is 5.69 Å². The van der Waals surface area contributed by atoms with Crippen molar-refractivity contribution in [3.63, 3.8) is 0 Å². The van der Waals surface area contributed by atoms with Gasteiger partial charge < -0.3 is 4.90 Å². The number of piperidine rings is 1. The lowest BCUT2D eigenvalue weighted by molar-refractivity contribution is -0.384. The number of rotatable bonds is 7. The Balaban J connectivity index is 1.91. The van der Waals surface area contributed by atoms with E-state index in [1.807, 2.05) is 11.8 Å². The summed E-state index contributed by atoms with van der Waals surface area (Å²) in [5.41, 5.74) is -0.176. The quantitative estimate of drug-likeness (QED) is 0.584. The molecule has 25 heavy (non-hydrogen) atoms. The summed E-state index contributed by atoms with van der Waals surface area (Å²) < 4.78 is 26.8. The molecule has 1 aliphatic rings. The molecule has 8 nitrogen and oxygen atoms in total. The molecule has 1 unspecified atom stereocenters. The van der Waals surface area contributed by atoms with Gasteiger partial charge in [-0.2, -0.15) is 0 Å². The molecule has 1 aromatic carbocycles. The molecule has 0 radical (unpaired) electrons. The average Bonchev–Trinajstić information content (AvgIpc) is 2.61. The molecule has 0 aromatic heterocycles. The van der Waals surface area contributed by atoms with Crippen molar-refractivity contribution in [3.05, 3.63) is 34.4 Å². The number of hydrogen-bond acceptors (Lipinski definition) is 5. The third kappa shape index (κ3) is 4.99. The predicted molar refractivity (Wildman–Crippen MR) is 92.5 cm³/mol. The zero-order chi connectivity index (χ0) is 18.4. The van der Waals surface area contributed by atoms with Crippen LogP contribution in [0.1, 0.15) is 39.0 Å². The van der Waals surface area contributed by atoms with E-state index < -0.39 is 14.9 Å². The van der Waals surface area contributed by atoms with Crippen molar-refractivity contribution in [2.75, 3.05) is 13.1 Å². The molecule has 1 amide bonds. The Hall–Kier alpha value is -2.00. The fourth-order valence-electron chi connectivity index (χ4n) is 3.02. The van der Waals surface area contributed by atoms with Gasteiger partial charge in [0, 0.05) is 37.7 Å². The van der Waals surface area contributed by atoms with Crippen molar-refractivity contribution in [3.8, 4) is 0 Å². The lowest BCUT2D eigenvalue weighted by Crippen LogP contribution is -2.44. The van der Waals surface area contributed by atoms with Crippen LogP contribution in [0.4, 0.5) is 5.69 Å². The van der Waals surface area contributed by atoms with E-state index in [0.717, 1.165) is 44.4 Å². The molecule has 1 fully saturated rings. The zero-order valence-electron chi connectivity index (χ0n) is 14.2. The van der Waals surface area contributed by atoms with Gasteiger partial charge in [0.1, 0.15) is 0 Å². The fourth-order valence-corrected chi connectivity index (χ4v) is 4.05. The molecular weight excluding hydrogens is 346 g/mol. The summed E-state index contributed by atoms with van der Waals surface area (Å²) in [7, 11) is -3.79. The Kier molecular flexibility index (Phi) is 6.49. The highest BCUT2D eigenvalue weighted by molar-refractivity contribution is 7.89. The zero-order valence-corrected chi connectivity index (χ0v) is 15.0. The van der Waals surface area contributed by atoms with Crippen molar-refractivity contribution < 1.29 is 18.1 Å². The van der Waals surface area contributed by atoms with E-state index in [1.165, 1.54) is 12.1 Å². The van der Waals surface area contributed by atoms with Gasteiger partial charge in [-0.15, -0.1) is 0 Å².